The molecule has 0 radical (unpaired) electrons. The van der Waals surface area contributed by atoms with Crippen LogP contribution in [0.4, 0.5) is 0 Å². The Balaban J connectivity index is 1.93. The highest BCUT2D eigenvalue weighted by atomic mass is 16.5. The van der Waals surface area contributed by atoms with E-state index in [0.717, 1.165) is 38.4 Å². The van der Waals surface area contributed by atoms with E-state index >= 15 is 0 Å². The molecule has 0 aliphatic carbocycles. The van der Waals surface area contributed by atoms with Gasteiger partial charge >= 0.3 is 0 Å². The molecule has 0 aliphatic rings. The number of nitrogens with zero attached hydrogens (tertiary/aromatic N) is 1. The summed E-state index contributed by atoms with van der Waals surface area (Å²) in [6.07, 6.45) is 2.76. The van der Waals surface area contributed by atoms with Gasteiger partial charge in [0.25, 0.3) is 0 Å². The summed E-state index contributed by atoms with van der Waals surface area (Å²) in [6, 6.07) is 14.5. The molecule has 0 spiro atoms. The molecular weight excluding hydrogens is 238 g/mol. The number of rotatable bonds is 8. The van der Waals surface area contributed by atoms with Crippen LogP contribution in [-0.2, 0) is 17.8 Å². The van der Waals surface area contributed by atoms with Crippen LogP contribution in [0.3, 0.4) is 0 Å². The smallest absolute Gasteiger partial charge is 0.117 e. The van der Waals surface area contributed by atoms with Crippen LogP contribution >= 0.6 is 0 Å². The zero-order valence-corrected chi connectivity index (χ0v) is 11.4. The van der Waals surface area contributed by atoms with Crippen molar-refractivity contribution >= 4 is 0 Å². The van der Waals surface area contributed by atoms with Gasteiger partial charge in [-0.05, 0) is 24.1 Å². The highest BCUT2D eigenvalue weighted by Gasteiger charge is 2.08. The van der Waals surface area contributed by atoms with Crippen LogP contribution in [0.5, 0.6) is 0 Å². The molecule has 0 atom stereocenters. The third-order valence-corrected chi connectivity index (χ3v) is 3.03. The van der Waals surface area contributed by atoms with Gasteiger partial charge in [-0.3, -0.25) is 4.90 Å². The zero-order chi connectivity index (χ0) is 13.3. The summed E-state index contributed by atoms with van der Waals surface area (Å²) in [6.45, 7) is 3.57. The molecule has 0 N–H and O–H groups in total. The minimum Gasteiger partial charge on any atom is -0.468 e. The van der Waals surface area contributed by atoms with Gasteiger partial charge < -0.3 is 9.15 Å². The molecular formula is C16H21NO2. The Labute approximate surface area is 114 Å². The average Bonchev–Trinajstić information content (AvgIpc) is 2.93. The summed E-state index contributed by atoms with van der Waals surface area (Å²) < 4.78 is 10.6. The number of hydrogen-bond donors (Lipinski definition) is 0. The van der Waals surface area contributed by atoms with Crippen molar-refractivity contribution in [3.63, 3.8) is 0 Å². The van der Waals surface area contributed by atoms with Crippen LogP contribution < -0.4 is 0 Å². The summed E-state index contributed by atoms with van der Waals surface area (Å²) >= 11 is 0. The molecule has 102 valence electrons. The minimum atomic E-state index is 0.795. The first-order valence-electron chi connectivity index (χ1n) is 6.66. The maximum atomic E-state index is 5.44. The van der Waals surface area contributed by atoms with Crippen molar-refractivity contribution < 1.29 is 9.15 Å². The SMILES string of the molecule is COCCCN(Cc1ccccc1)Cc1ccco1. The van der Waals surface area contributed by atoms with E-state index in [2.05, 4.69) is 29.2 Å². The summed E-state index contributed by atoms with van der Waals surface area (Å²) in [5.74, 6) is 1.01. The highest BCUT2D eigenvalue weighted by molar-refractivity contribution is 5.14. The molecule has 3 heteroatoms. The van der Waals surface area contributed by atoms with E-state index in [4.69, 9.17) is 9.15 Å². The van der Waals surface area contributed by atoms with E-state index in [-0.39, 0.29) is 0 Å². The second-order valence-corrected chi connectivity index (χ2v) is 4.62. The Bertz CT molecular complexity index is 439. The second-order valence-electron chi connectivity index (χ2n) is 4.62. The quantitative estimate of drug-likeness (QED) is 0.680. The molecule has 0 bridgehead atoms. The van der Waals surface area contributed by atoms with Crippen LogP contribution in [0.15, 0.2) is 53.1 Å². The summed E-state index contributed by atoms with van der Waals surface area (Å²) in [5, 5.41) is 0. The van der Waals surface area contributed by atoms with Gasteiger partial charge in [-0.15, -0.1) is 0 Å². The van der Waals surface area contributed by atoms with Gasteiger partial charge in [0.2, 0.25) is 0 Å². The van der Waals surface area contributed by atoms with Crippen molar-refractivity contribution in [2.45, 2.75) is 19.5 Å². The fraction of sp³-hybridized carbons (Fsp3) is 0.375. The predicted octanol–water partition coefficient (Wildman–Crippen LogP) is 3.32. The van der Waals surface area contributed by atoms with Gasteiger partial charge in [-0.1, -0.05) is 30.3 Å². The highest BCUT2D eigenvalue weighted by Crippen LogP contribution is 2.11. The molecule has 1 aromatic carbocycles. The van der Waals surface area contributed by atoms with Crippen LogP contribution in [-0.4, -0.2) is 25.2 Å². The normalized spacial score (nSPS) is 11.1. The molecule has 1 aromatic heterocycles. The Kier molecular flexibility index (Phi) is 5.66. The van der Waals surface area contributed by atoms with Gasteiger partial charge in [0.1, 0.15) is 5.76 Å². The van der Waals surface area contributed by atoms with E-state index in [1.54, 1.807) is 13.4 Å². The van der Waals surface area contributed by atoms with Gasteiger partial charge in [-0.2, -0.15) is 0 Å². The van der Waals surface area contributed by atoms with Crippen molar-refractivity contribution in [3.8, 4) is 0 Å². The molecule has 0 unspecified atom stereocenters. The minimum absolute atomic E-state index is 0.795. The molecule has 0 saturated carbocycles. The van der Waals surface area contributed by atoms with Crippen molar-refractivity contribution in [1.29, 1.82) is 0 Å². The summed E-state index contributed by atoms with van der Waals surface area (Å²) in [5.41, 5.74) is 1.33. The zero-order valence-electron chi connectivity index (χ0n) is 11.4. The standard InChI is InChI=1S/C16H21NO2/c1-18-11-6-10-17(14-16-9-5-12-19-16)13-15-7-3-2-4-8-15/h2-5,7-9,12H,6,10-11,13-14H2,1H3. The first-order valence-corrected chi connectivity index (χ1v) is 6.66. The van der Waals surface area contributed by atoms with Crippen LogP contribution in [0.2, 0.25) is 0 Å². The van der Waals surface area contributed by atoms with Gasteiger partial charge in [0, 0.05) is 26.8 Å². The Morgan fingerprint density at radius 2 is 1.89 bits per heavy atom. The summed E-state index contributed by atoms with van der Waals surface area (Å²) in [4.78, 5) is 2.38. The fourth-order valence-electron chi connectivity index (χ4n) is 2.11. The maximum Gasteiger partial charge on any atom is 0.117 e. The third-order valence-electron chi connectivity index (χ3n) is 3.03. The van der Waals surface area contributed by atoms with Gasteiger partial charge in [0.05, 0.1) is 12.8 Å². The largest absolute Gasteiger partial charge is 0.468 e. The fourth-order valence-corrected chi connectivity index (χ4v) is 2.11. The Hall–Kier alpha value is -1.58. The lowest BCUT2D eigenvalue weighted by Crippen LogP contribution is -2.24. The first-order chi connectivity index (χ1) is 9.38. The second kappa shape index (κ2) is 7.77. The monoisotopic (exact) mass is 259 g/mol. The molecule has 1 heterocycles. The molecule has 2 aromatic rings. The topological polar surface area (TPSA) is 25.6 Å². The Morgan fingerprint density at radius 3 is 2.58 bits per heavy atom. The number of ether oxygens (including phenoxy) is 1. The lowest BCUT2D eigenvalue weighted by molar-refractivity contribution is 0.162. The lowest BCUT2D eigenvalue weighted by Gasteiger charge is -2.21. The molecule has 19 heavy (non-hydrogen) atoms. The Morgan fingerprint density at radius 1 is 1.05 bits per heavy atom. The number of furan rings is 1. The van der Waals surface area contributed by atoms with Crippen molar-refractivity contribution in [2.75, 3.05) is 20.3 Å². The number of methoxy groups -OCH3 is 1. The van der Waals surface area contributed by atoms with E-state index in [9.17, 15) is 0 Å². The van der Waals surface area contributed by atoms with E-state index in [0.29, 0.717) is 0 Å². The molecule has 0 aliphatic heterocycles. The predicted molar refractivity (Wildman–Crippen MR) is 75.8 cm³/mol. The third kappa shape index (κ3) is 4.89. The first kappa shape index (κ1) is 13.8. The van der Waals surface area contributed by atoms with Gasteiger partial charge in [-0.25, -0.2) is 0 Å². The van der Waals surface area contributed by atoms with Crippen molar-refractivity contribution in [2.24, 2.45) is 0 Å². The van der Waals surface area contributed by atoms with Crippen LogP contribution in [0.25, 0.3) is 0 Å². The molecule has 0 amide bonds. The molecule has 0 saturated heterocycles. The number of benzene rings is 1. The summed E-state index contributed by atoms with van der Waals surface area (Å²) in [7, 11) is 1.74. The van der Waals surface area contributed by atoms with Crippen molar-refractivity contribution in [3.05, 3.63) is 60.1 Å². The maximum absolute atomic E-state index is 5.44. The molecule has 0 fully saturated rings. The van der Waals surface area contributed by atoms with Crippen molar-refractivity contribution in [1.82, 2.24) is 4.90 Å². The van der Waals surface area contributed by atoms with E-state index in [1.165, 1.54) is 5.56 Å². The lowest BCUT2D eigenvalue weighted by atomic mass is 10.2. The van der Waals surface area contributed by atoms with Crippen LogP contribution in [0, 0.1) is 0 Å². The molecule has 2 rings (SSSR count). The van der Waals surface area contributed by atoms with Crippen LogP contribution in [0.1, 0.15) is 17.7 Å². The van der Waals surface area contributed by atoms with E-state index < -0.39 is 0 Å². The average molecular weight is 259 g/mol. The number of hydrogen-bond acceptors (Lipinski definition) is 3. The van der Waals surface area contributed by atoms with E-state index in [1.807, 2.05) is 18.2 Å². The van der Waals surface area contributed by atoms with Gasteiger partial charge in [0.15, 0.2) is 0 Å². The molecule has 3 nitrogen and oxygen atoms in total.